The van der Waals surface area contributed by atoms with E-state index in [1.54, 1.807) is 0 Å². The fourth-order valence-corrected chi connectivity index (χ4v) is 0.685. The van der Waals surface area contributed by atoms with Crippen molar-refractivity contribution in [3.8, 4) is 0 Å². The van der Waals surface area contributed by atoms with Crippen molar-refractivity contribution in [2.75, 3.05) is 6.54 Å². The number of carbonyl (C=O) groups excluding carboxylic acids is 1. The molecule has 0 aliphatic carbocycles. The number of rotatable bonds is 0. The molecule has 1 heterocycles. The quantitative estimate of drug-likeness (QED) is 0.651. The summed E-state index contributed by atoms with van der Waals surface area (Å²) in [4.78, 5) is 10.3. The fourth-order valence-electron chi connectivity index (χ4n) is 0.685. The van der Waals surface area contributed by atoms with Crippen LogP contribution in [0.5, 0.6) is 0 Å². The van der Waals surface area contributed by atoms with Crippen molar-refractivity contribution in [2.45, 2.75) is 13.3 Å². The Morgan fingerprint density at radius 2 is 2.38 bits per heavy atom. The van der Waals surface area contributed by atoms with Crippen LogP contribution in [0.25, 0.3) is 5.32 Å². The van der Waals surface area contributed by atoms with Crippen LogP contribution in [0.1, 0.15) is 13.3 Å². The van der Waals surface area contributed by atoms with Crippen molar-refractivity contribution in [1.82, 2.24) is 0 Å². The second-order valence-corrected chi connectivity index (χ2v) is 2.04. The van der Waals surface area contributed by atoms with Gasteiger partial charge in [0.05, 0.1) is 5.91 Å². The van der Waals surface area contributed by atoms with Crippen LogP contribution in [-0.2, 0) is 25.2 Å². The van der Waals surface area contributed by atoms with Crippen molar-refractivity contribution < 1.29 is 25.2 Å². The molecule has 8 heavy (non-hydrogen) atoms. The van der Waals surface area contributed by atoms with Gasteiger partial charge in [0.25, 0.3) is 0 Å². The van der Waals surface area contributed by atoms with Crippen LogP contribution in [0.15, 0.2) is 0 Å². The number of hydrogen-bond acceptors (Lipinski definition) is 1. The monoisotopic (exact) mass is 285 g/mol. The molecule has 1 atom stereocenters. The normalized spacial score (nSPS) is 26.6. The van der Waals surface area contributed by atoms with Crippen molar-refractivity contribution in [3.63, 3.8) is 0 Å². The molecule has 1 saturated heterocycles. The third kappa shape index (κ3) is 1.94. The van der Waals surface area contributed by atoms with E-state index in [0.717, 1.165) is 6.54 Å². The van der Waals surface area contributed by atoms with Crippen molar-refractivity contribution >= 4 is 5.91 Å². The van der Waals surface area contributed by atoms with E-state index < -0.39 is 0 Å². The molecular weight excluding hydrogens is 276 g/mol. The molecule has 0 saturated carbocycles. The van der Waals surface area contributed by atoms with Gasteiger partial charge in [-0.05, 0) is 6.42 Å². The zero-order valence-electron chi connectivity index (χ0n) is 4.72. The Hall–Kier alpha value is 0.132. The molecule has 1 fully saturated rings. The van der Waals surface area contributed by atoms with Crippen LogP contribution in [0.4, 0.5) is 0 Å². The molecule has 47 valence electrons. The van der Waals surface area contributed by atoms with Gasteiger partial charge in [0.1, 0.15) is 0 Å². The summed E-state index contributed by atoms with van der Waals surface area (Å²) in [6, 6.07) is 0. The Morgan fingerprint density at radius 1 is 1.75 bits per heavy atom. The standard InChI is InChI=1S/C5H9NO.Re/c1-4-2-5(7)6-3-4;/h4H,2-3H2,1H3,(H,6,7);/p-1. The first-order valence-corrected chi connectivity index (χ1v) is 2.49. The van der Waals surface area contributed by atoms with Crippen LogP contribution < -0.4 is 0 Å². The maximum atomic E-state index is 10.3. The second kappa shape index (κ2) is 3.22. The molecular formula is C5H8NORe-. The minimum Gasteiger partial charge on any atom is -0.653 e. The van der Waals surface area contributed by atoms with Gasteiger partial charge < -0.3 is 10.1 Å². The van der Waals surface area contributed by atoms with Crippen molar-refractivity contribution in [3.05, 3.63) is 5.32 Å². The molecule has 0 aromatic carbocycles. The number of hydrogen-bond donors (Lipinski definition) is 0. The predicted octanol–water partition coefficient (Wildman–Crippen LogP) is 0.924. The number of nitrogens with zero attached hydrogens (tertiary/aromatic N) is 1. The van der Waals surface area contributed by atoms with E-state index in [4.69, 9.17) is 0 Å². The summed E-state index contributed by atoms with van der Waals surface area (Å²) in [6.45, 7) is 2.78. The summed E-state index contributed by atoms with van der Waals surface area (Å²) in [7, 11) is 0. The first-order valence-electron chi connectivity index (χ1n) is 2.49. The van der Waals surface area contributed by atoms with Crippen LogP contribution >= 0.6 is 0 Å². The third-order valence-electron chi connectivity index (χ3n) is 1.10. The first-order chi connectivity index (χ1) is 3.29. The van der Waals surface area contributed by atoms with E-state index >= 15 is 0 Å². The van der Waals surface area contributed by atoms with Crippen LogP contribution in [-0.4, -0.2) is 12.5 Å². The van der Waals surface area contributed by atoms with E-state index in [1.807, 2.05) is 6.92 Å². The summed E-state index contributed by atoms with van der Waals surface area (Å²) in [5, 5.41) is 3.68. The fraction of sp³-hybridized carbons (Fsp3) is 0.800. The largest absolute Gasteiger partial charge is 0.653 e. The maximum Gasteiger partial charge on any atom is 0.0513 e. The van der Waals surface area contributed by atoms with Gasteiger partial charge in [0, 0.05) is 20.4 Å². The molecule has 0 aromatic rings. The van der Waals surface area contributed by atoms with Crippen molar-refractivity contribution in [1.29, 1.82) is 0 Å². The van der Waals surface area contributed by atoms with Crippen LogP contribution in [0, 0.1) is 5.92 Å². The van der Waals surface area contributed by atoms with E-state index in [0.29, 0.717) is 12.3 Å². The Bertz CT molecular complexity index is 94.4. The maximum absolute atomic E-state index is 10.3. The molecule has 0 aromatic heterocycles. The summed E-state index contributed by atoms with van der Waals surface area (Å²) in [6.07, 6.45) is 0.667. The predicted molar refractivity (Wildman–Crippen MR) is 27.0 cm³/mol. The SMILES string of the molecule is CC1C[N-]C(=O)C1.[Re]. The second-order valence-electron chi connectivity index (χ2n) is 2.04. The average Bonchev–Trinajstić information content (AvgIpc) is 1.87. The molecule has 1 rings (SSSR count). The Labute approximate surface area is 62.7 Å². The number of carbonyl (C=O) groups is 1. The molecule has 1 aliphatic heterocycles. The summed E-state index contributed by atoms with van der Waals surface area (Å²) in [5.41, 5.74) is 0. The van der Waals surface area contributed by atoms with Gasteiger partial charge in [-0.15, -0.1) is 6.54 Å². The van der Waals surface area contributed by atoms with Gasteiger partial charge in [-0.25, -0.2) is 0 Å². The van der Waals surface area contributed by atoms with Crippen molar-refractivity contribution in [2.24, 2.45) is 5.92 Å². The van der Waals surface area contributed by atoms with Gasteiger partial charge in [-0.2, -0.15) is 0 Å². The minimum absolute atomic E-state index is 0. The minimum atomic E-state index is 0. The molecule has 0 bridgehead atoms. The molecule has 1 radical (unpaired) electrons. The molecule has 1 amide bonds. The van der Waals surface area contributed by atoms with Crippen LogP contribution in [0.3, 0.4) is 0 Å². The number of amides is 1. The molecule has 1 unspecified atom stereocenters. The molecule has 2 nitrogen and oxygen atoms in total. The zero-order valence-corrected chi connectivity index (χ0v) is 7.44. The van der Waals surface area contributed by atoms with Gasteiger partial charge in [0.2, 0.25) is 0 Å². The molecule has 0 N–H and O–H groups in total. The Kier molecular flexibility index (Phi) is 3.27. The summed E-state index contributed by atoms with van der Waals surface area (Å²) < 4.78 is 0. The molecule has 1 aliphatic rings. The third-order valence-corrected chi connectivity index (χ3v) is 1.10. The van der Waals surface area contributed by atoms with E-state index in [9.17, 15) is 4.79 Å². The van der Waals surface area contributed by atoms with Crippen LogP contribution in [0.2, 0.25) is 0 Å². The first kappa shape index (κ1) is 8.13. The summed E-state index contributed by atoms with van der Waals surface area (Å²) >= 11 is 0. The van der Waals surface area contributed by atoms with Gasteiger partial charge in [0.15, 0.2) is 0 Å². The smallest absolute Gasteiger partial charge is 0.0513 e. The Morgan fingerprint density at radius 3 is 2.50 bits per heavy atom. The molecule has 0 spiro atoms. The average molecular weight is 284 g/mol. The topological polar surface area (TPSA) is 31.2 Å². The van der Waals surface area contributed by atoms with Gasteiger partial charge in [-0.3, -0.25) is 0 Å². The molecule has 3 heteroatoms. The van der Waals surface area contributed by atoms with Gasteiger partial charge in [-0.1, -0.05) is 12.8 Å². The van der Waals surface area contributed by atoms with E-state index in [-0.39, 0.29) is 26.3 Å². The zero-order chi connectivity index (χ0) is 5.28. The summed E-state index contributed by atoms with van der Waals surface area (Å²) in [5.74, 6) is 0.583. The van der Waals surface area contributed by atoms with E-state index in [1.165, 1.54) is 0 Å². The van der Waals surface area contributed by atoms with E-state index in [2.05, 4.69) is 5.32 Å². The Balaban J connectivity index is 0.000000490. The van der Waals surface area contributed by atoms with Gasteiger partial charge >= 0.3 is 0 Å².